The predicted octanol–water partition coefficient (Wildman–Crippen LogP) is 1.48. The molecule has 1 aliphatic heterocycles. The van der Waals surface area contributed by atoms with Crippen molar-refractivity contribution in [1.82, 2.24) is 14.9 Å². The van der Waals surface area contributed by atoms with Gasteiger partial charge in [-0.05, 0) is 30.0 Å². The van der Waals surface area contributed by atoms with Gasteiger partial charge in [0.2, 0.25) is 5.91 Å². The molecule has 1 fully saturated rings. The van der Waals surface area contributed by atoms with E-state index in [-0.39, 0.29) is 11.9 Å². The van der Waals surface area contributed by atoms with E-state index in [1.165, 1.54) is 11.1 Å². The predicted molar refractivity (Wildman–Crippen MR) is 89.4 cm³/mol. The van der Waals surface area contributed by atoms with Crippen LogP contribution in [0.4, 0.5) is 10.6 Å². The van der Waals surface area contributed by atoms with Gasteiger partial charge in [0.1, 0.15) is 11.6 Å². The average Bonchev–Trinajstić information content (AvgIpc) is 3.11. The molecule has 4 rings (SSSR count). The fourth-order valence-corrected chi connectivity index (χ4v) is 3.49. The van der Waals surface area contributed by atoms with Crippen molar-refractivity contribution in [3.8, 4) is 11.4 Å². The van der Waals surface area contributed by atoms with E-state index in [2.05, 4.69) is 22.4 Å². The molecule has 0 bridgehead atoms. The second kappa shape index (κ2) is 5.45. The number of nitrogens with one attached hydrogen (secondary N) is 1. The molecule has 1 aromatic heterocycles. The lowest BCUT2D eigenvalue weighted by atomic mass is 10.0. The van der Waals surface area contributed by atoms with Crippen LogP contribution in [-0.4, -0.2) is 28.0 Å². The standard InChI is InChI=1S/C17H19N5O2/c1-21-15(22-7-6-14(23)20-17(22)24)9-19-16(21)11-2-4-12-10(8-11)3-5-13(12)18/h2,4,8-9,13H,3,5-7,18H2,1H3,(H,20,23,24). The Morgan fingerprint density at radius 1 is 1.29 bits per heavy atom. The SMILES string of the molecule is Cn1c(N2CCC(=O)NC2=O)cnc1-c1ccc2c(c1)CCC2N. The van der Waals surface area contributed by atoms with E-state index in [1.807, 2.05) is 17.7 Å². The lowest BCUT2D eigenvalue weighted by molar-refractivity contribution is -0.120. The van der Waals surface area contributed by atoms with Crippen molar-refractivity contribution >= 4 is 17.8 Å². The van der Waals surface area contributed by atoms with Crippen LogP contribution < -0.4 is 16.0 Å². The van der Waals surface area contributed by atoms with Gasteiger partial charge in [0.05, 0.1) is 6.20 Å². The Morgan fingerprint density at radius 3 is 2.92 bits per heavy atom. The van der Waals surface area contributed by atoms with Gasteiger partial charge in [-0.2, -0.15) is 0 Å². The van der Waals surface area contributed by atoms with Crippen molar-refractivity contribution in [3.63, 3.8) is 0 Å². The Kier molecular flexibility index (Phi) is 3.38. The van der Waals surface area contributed by atoms with Crippen molar-refractivity contribution in [2.45, 2.75) is 25.3 Å². The fraction of sp³-hybridized carbons (Fsp3) is 0.353. The molecule has 0 saturated carbocycles. The highest BCUT2D eigenvalue weighted by molar-refractivity contribution is 6.05. The van der Waals surface area contributed by atoms with Gasteiger partial charge in [-0.15, -0.1) is 0 Å². The molecule has 2 heterocycles. The molecule has 1 saturated heterocycles. The summed E-state index contributed by atoms with van der Waals surface area (Å²) in [6.45, 7) is 0.364. The maximum Gasteiger partial charge on any atom is 0.329 e. The first-order valence-corrected chi connectivity index (χ1v) is 8.06. The van der Waals surface area contributed by atoms with Crippen LogP contribution in [0.1, 0.15) is 30.0 Å². The number of nitrogens with two attached hydrogens (primary N) is 1. The van der Waals surface area contributed by atoms with Gasteiger partial charge in [-0.1, -0.05) is 12.1 Å². The quantitative estimate of drug-likeness (QED) is 0.874. The van der Waals surface area contributed by atoms with Gasteiger partial charge in [-0.3, -0.25) is 15.0 Å². The number of hydrogen-bond donors (Lipinski definition) is 2. The van der Waals surface area contributed by atoms with Crippen LogP contribution in [-0.2, 0) is 18.3 Å². The molecule has 2 aliphatic rings. The van der Waals surface area contributed by atoms with Crippen molar-refractivity contribution in [3.05, 3.63) is 35.5 Å². The molecule has 7 heteroatoms. The lowest BCUT2D eigenvalue weighted by Gasteiger charge is -2.26. The molecule has 2 aromatic rings. The van der Waals surface area contributed by atoms with Crippen molar-refractivity contribution in [2.75, 3.05) is 11.4 Å². The normalized spacial score (nSPS) is 20.2. The average molecular weight is 325 g/mol. The molecule has 3 N–H and O–H groups in total. The highest BCUT2D eigenvalue weighted by atomic mass is 16.2. The van der Waals surface area contributed by atoms with Gasteiger partial charge in [0.25, 0.3) is 0 Å². The summed E-state index contributed by atoms with van der Waals surface area (Å²) in [6.07, 6.45) is 3.93. The molecular formula is C17H19N5O2. The number of imide groups is 1. The van der Waals surface area contributed by atoms with Crippen LogP contribution in [0.15, 0.2) is 24.4 Å². The van der Waals surface area contributed by atoms with Gasteiger partial charge in [0.15, 0.2) is 0 Å². The van der Waals surface area contributed by atoms with Crippen molar-refractivity contribution in [2.24, 2.45) is 12.8 Å². The first kappa shape index (κ1) is 14.9. The maximum atomic E-state index is 12.0. The zero-order valence-electron chi connectivity index (χ0n) is 13.5. The maximum absolute atomic E-state index is 12.0. The summed E-state index contributed by atoms with van der Waals surface area (Å²) in [5.41, 5.74) is 9.58. The van der Waals surface area contributed by atoms with Crippen LogP contribution >= 0.6 is 0 Å². The summed E-state index contributed by atoms with van der Waals surface area (Å²) < 4.78 is 1.88. The van der Waals surface area contributed by atoms with Crippen LogP contribution in [0.25, 0.3) is 11.4 Å². The number of carbonyl (C=O) groups excluding carboxylic acids is 2. The van der Waals surface area contributed by atoms with E-state index in [1.54, 1.807) is 11.1 Å². The minimum Gasteiger partial charge on any atom is -0.324 e. The molecule has 3 amide bonds. The van der Waals surface area contributed by atoms with E-state index in [0.29, 0.717) is 18.8 Å². The van der Waals surface area contributed by atoms with Gasteiger partial charge in [-0.25, -0.2) is 9.78 Å². The number of aryl methyl sites for hydroxylation is 1. The number of carbonyl (C=O) groups is 2. The fourth-order valence-electron chi connectivity index (χ4n) is 3.49. The third-order valence-corrected chi connectivity index (χ3v) is 4.82. The molecule has 0 radical (unpaired) electrons. The Labute approximate surface area is 139 Å². The van der Waals surface area contributed by atoms with E-state index < -0.39 is 6.03 Å². The molecular weight excluding hydrogens is 306 g/mol. The lowest BCUT2D eigenvalue weighted by Crippen LogP contribution is -2.50. The number of benzene rings is 1. The van der Waals surface area contributed by atoms with E-state index in [4.69, 9.17) is 5.73 Å². The minimum atomic E-state index is -0.402. The zero-order valence-corrected chi connectivity index (χ0v) is 13.5. The molecule has 124 valence electrons. The number of aromatic nitrogens is 2. The first-order chi connectivity index (χ1) is 11.5. The molecule has 7 nitrogen and oxygen atoms in total. The van der Waals surface area contributed by atoms with Crippen LogP contribution in [0.2, 0.25) is 0 Å². The van der Waals surface area contributed by atoms with E-state index in [0.717, 1.165) is 24.2 Å². The molecule has 24 heavy (non-hydrogen) atoms. The topological polar surface area (TPSA) is 93.2 Å². The van der Waals surface area contributed by atoms with Crippen LogP contribution in [0.5, 0.6) is 0 Å². The van der Waals surface area contributed by atoms with Crippen molar-refractivity contribution in [1.29, 1.82) is 0 Å². The second-order valence-corrected chi connectivity index (χ2v) is 6.31. The number of fused-ring (bicyclic) bond motifs is 1. The number of anilines is 1. The number of nitrogens with zero attached hydrogens (tertiary/aromatic N) is 3. The first-order valence-electron chi connectivity index (χ1n) is 8.06. The summed E-state index contributed by atoms with van der Waals surface area (Å²) in [4.78, 5) is 29.4. The summed E-state index contributed by atoms with van der Waals surface area (Å²) in [5.74, 6) is 1.22. The van der Waals surface area contributed by atoms with E-state index >= 15 is 0 Å². The summed E-state index contributed by atoms with van der Waals surface area (Å²) in [7, 11) is 1.88. The third-order valence-electron chi connectivity index (χ3n) is 4.82. The Balaban J connectivity index is 1.68. The summed E-state index contributed by atoms with van der Waals surface area (Å²) >= 11 is 0. The molecule has 1 unspecified atom stereocenters. The van der Waals surface area contributed by atoms with Gasteiger partial charge >= 0.3 is 6.03 Å². The van der Waals surface area contributed by atoms with Gasteiger partial charge in [0, 0.05) is 31.6 Å². The third kappa shape index (κ3) is 2.28. The summed E-state index contributed by atoms with van der Waals surface area (Å²) in [6, 6.07) is 5.95. The Hall–Kier alpha value is -2.67. The van der Waals surface area contributed by atoms with Gasteiger partial charge < -0.3 is 10.3 Å². The minimum absolute atomic E-state index is 0.126. The van der Waals surface area contributed by atoms with Crippen LogP contribution in [0.3, 0.4) is 0 Å². The van der Waals surface area contributed by atoms with Crippen LogP contribution in [0, 0.1) is 0 Å². The zero-order chi connectivity index (χ0) is 16.8. The number of rotatable bonds is 2. The summed E-state index contributed by atoms with van der Waals surface area (Å²) in [5, 5.41) is 2.34. The smallest absolute Gasteiger partial charge is 0.324 e. The van der Waals surface area contributed by atoms with Crippen molar-refractivity contribution < 1.29 is 9.59 Å². The molecule has 1 aromatic carbocycles. The number of urea groups is 1. The van der Waals surface area contributed by atoms with E-state index in [9.17, 15) is 9.59 Å². The monoisotopic (exact) mass is 325 g/mol. The largest absolute Gasteiger partial charge is 0.329 e. The molecule has 0 spiro atoms. The number of amides is 3. The highest BCUT2D eigenvalue weighted by Crippen LogP contribution is 2.33. The number of imidazole rings is 1. The second-order valence-electron chi connectivity index (χ2n) is 6.31. The number of hydrogen-bond acceptors (Lipinski definition) is 4. The highest BCUT2D eigenvalue weighted by Gasteiger charge is 2.27. The Morgan fingerprint density at radius 2 is 2.12 bits per heavy atom. The molecule has 1 aliphatic carbocycles. The Bertz CT molecular complexity index is 842. The molecule has 1 atom stereocenters.